The predicted octanol–water partition coefficient (Wildman–Crippen LogP) is 36.5. The van der Waals surface area contributed by atoms with E-state index in [-0.39, 0.29) is 103 Å². The molecule has 5 atom stereocenters. The minimum Gasteiger partial charge on any atom is -0.379 e. The van der Waals surface area contributed by atoms with Crippen molar-refractivity contribution in [3.8, 4) is 0 Å². The van der Waals surface area contributed by atoms with Crippen LogP contribution in [0.4, 0.5) is 0 Å². The van der Waals surface area contributed by atoms with Gasteiger partial charge in [0.2, 0.25) is 0 Å². The van der Waals surface area contributed by atoms with Crippen molar-refractivity contribution in [1.29, 1.82) is 0 Å². The molecule has 4 heterocycles. The third-order valence-corrected chi connectivity index (χ3v) is 20.9. The van der Waals surface area contributed by atoms with Crippen LogP contribution < -0.4 is 0 Å². The fourth-order valence-corrected chi connectivity index (χ4v) is 11.4. The molecule has 2 aliphatic heterocycles. The fourth-order valence-electron chi connectivity index (χ4n) is 11.4. The first-order valence-electron chi connectivity index (χ1n) is 58.1. The van der Waals surface area contributed by atoms with Gasteiger partial charge in [0.25, 0.3) is 0 Å². The third-order valence-electron chi connectivity index (χ3n) is 20.9. The fraction of sp³-hybridized carbons (Fsp3) is 0.815. The first kappa shape index (κ1) is 94.8. The Labute approximate surface area is 812 Å². The number of aryl methyl sites for hydroxylation is 2. The molecule has 4 saturated carbocycles. The molecule has 0 bridgehead atoms. The summed E-state index contributed by atoms with van der Waals surface area (Å²) in [6.45, 7) is 98.3. The Morgan fingerprint density at radius 2 is 0.752 bits per heavy atom. The molecule has 4 aliphatic carbocycles. The van der Waals surface area contributed by atoms with Gasteiger partial charge in [-0.1, -0.05) is 417 Å². The number of hydrogen-bond donors (Lipinski definition) is 0. The van der Waals surface area contributed by atoms with Crippen molar-refractivity contribution < 1.29 is 34.1 Å². The van der Waals surface area contributed by atoms with E-state index >= 15 is 0 Å². The van der Waals surface area contributed by atoms with E-state index in [9.17, 15) is 0 Å². The zero-order chi connectivity index (χ0) is 113. The molecule has 10 rings (SSSR count). The maximum Gasteiger partial charge on any atom is 0.0594 e. The first-order chi connectivity index (χ1) is 63.6. The molecule has 0 spiro atoms. The van der Waals surface area contributed by atoms with Gasteiger partial charge in [-0.3, -0.25) is 19.8 Å². The zero-order valence-corrected chi connectivity index (χ0v) is 91.1. The third kappa shape index (κ3) is 92.2. The number of nitrogens with zero attached hydrogens (tertiary/aromatic N) is 4. The Bertz CT molecular complexity index is 3850. The van der Waals surface area contributed by atoms with Gasteiger partial charge in [-0.15, -0.1) is 0 Å². The highest BCUT2D eigenvalue weighted by atomic mass is 16.5. The molecule has 0 amide bonds. The van der Waals surface area contributed by atoms with Gasteiger partial charge in [0.05, 0.1) is 26.4 Å². The van der Waals surface area contributed by atoms with Gasteiger partial charge in [-0.05, 0) is 267 Å². The Hall–Kier alpha value is -3.42. The first-order valence-corrected chi connectivity index (χ1v) is 48.8. The molecule has 2 aromatic heterocycles. The van der Waals surface area contributed by atoms with E-state index in [4.69, 9.17) is 34.1 Å². The molecule has 2 saturated heterocycles. The quantitative estimate of drug-likeness (QED) is 0.118. The maximum absolute atomic E-state index is 8.13. The van der Waals surface area contributed by atoms with Crippen molar-refractivity contribution in [3.05, 3.63) is 132 Å². The standard InChI is InChI=1S/2C11H23NO.2C11H17N.2C11H16.C9H18.2C8H16.2C8H18.C7H14.C5H12/c2*1-11(2,3)5-4-6-12-7-9-13-10-8-12;2*1-11(2,3)7-4-10-5-8-12-9-6-10;2*1-11(2,3)9-10-7-5-4-6-8-10;1-9(2,3)8-6-4-5-7-8;2*1-8(2,3)6-7-4-5-7;1-7(2,3)8(4,5)6;1-6-7(2)8(3,4)5;1-7(2,3)6-4-5-6;1-5(2,3)4/h2*4-10H2,1-3H3;2*5-6,8-9H,4,7H2,1-3H3;2*4-8H,9H2,1-3H3;8H,4-7H2,1-3H3;2*7H,4-6H2,1-3H3;1-6H3;7H,6H2,1-5H3;6H,4-5H2,1-3H3;1-4H3/i5D2;5D;7D2;7D;9D2;9D;8D;6D2;6D;;7D;6D;1D3. The highest BCUT2D eigenvalue weighted by molar-refractivity contribution is 5.17. The monoisotopic (exact) mass is 1760 g/mol. The summed E-state index contributed by atoms with van der Waals surface area (Å²) in [5.74, 6) is 0.616. The van der Waals surface area contributed by atoms with E-state index in [0.29, 0.717) is 29.6 Å². The Morgan fingerprint density at radius 3 is 1.00 bits per heavy atom. The average molecular weight is 1760 g/mol. The van der Waals surface area contributed by atoms with Crippen molar-refractivity contribution in [2.24, 2.45) is 105 Å². The molecule has 6 fully saturated rings. The summed E-state index contributed by atoms with van der Waals surface area (Å²) < 4.78 is 150. The molecule has 4 aromatic rings. The van der Waals surface area contributed by atoms with Crippen molar-refractivity contribution in [1.82, 2.24) is 19.8 Å². The van der Waals surface area contributed by atoms with Crippen LogP contribution in [0.25, 0.3) is 0 Å². The largest absolute Gasteiger partial charge is 0.379 e. The lowest BCUT2D eigenvalue weighted by atomic mass is 9.71. The van der Waals surface area contributed by atoms with E-state index in [1.807, 2.05) is 175 Å². The van der Waals surface area contributed by atoms with Gasteiger partial charge in [0.15, 0.2) is 0 Å². The van der Waals surface area contributed by atoms with Crippen LogP contribution >= 0.6 is 0 Å². The van der Waals surface area contributed by atoms with E-state index < -0.39 is 37.8 Å². The summed E-state index contributed by atoms with van der Waals surface area (Å²) in [6.07, 6.45) is 18.0. The lowest BCUT2D eigenvalue weighted by Gasteiger charge is -2.34. The Morgan fingerprint density at radius 1 is 0.392 bits per heavy atom. The average Bonchev–Trinajstić information content (AvgIpc) is 1.62. The van der Waals surface area contributed by atoms with Crippen LogP contribution in [0.15, 0.2) is 110 Å². The predicted molar refractivity (Wildman–Crippen MR) is 565 cm³/mol. The second-order valence-electron chi connectivity index (χ2n) is 50.3. The number of hydrogen-bond acceptors (Lipinski definition) is 6. The van der Waals surface area contributed by atoms with Crippen LogP contribution in [0.1, 0.15) is 480 Å². The van der Waals surface area contributed by atoms with Gasteiger partial charge >= 0.3 is 0 Å². The zero-order valence-electron chi connectivity index (χ0n) is 109. The molecule has 6 heteroatoms. The van der Waals surface area contributed by atoms with E-state index in [2.05, 4.69) is 214 Å². The lowest BCUT2D eigenvalue weighted by molar-refractivity contribution is 0.0361. The van der Waals surface area contributed by atoms with Crippen LogP contribution in [-0.4, -0.2) is 85.5 Å². The minimum atomic E-state index is -1.81. The van der Waals surface area contributed by atoms with Crippen molar-refractivity contribution >= 4 is 0 Å². The molecular weight excluding hydrogens is 1520 g/mol. The van der Waals surface area contributed by atoms with Crippen molar-refractivity contribution in [2.45, 2.75) is 459 Å². The molecule has 6 nitrogen and oxygen atoms in total. The van der Waals surface area contributed by atoms with Crippen LogP contribution in [0.2, 0.25) is 0 Å². The Balaban J connectivity index is -0.00000149. The smallest absolute Gasteiger partial charge is 0.0594 e. The van der Waals surface area contributed by atoms with Crippen molar-refractivity contribution in [2.75, 3.05) is 65.7 Å². The maximum atomic E-state index is 8.13. The SMILES string of the molecule is CC(C)(C)C(C)(C)C.[2H]C(C)(CC)C(C)(C)C.[2H]C(C1CC1)C(C)(C)C.[2H]C(CCN1CCOCC1)C(C)(C)C.[2H]C(Cc1ccncc1)C(C)(C)C.[2H]C([2H])(C1CC1)C(C)(C)C.[2H]C([2H])(CCN1CCOCC1)C(C)(C)C.[2H]C([2H])(Cc1ccncc1)C(C)(C)C.[2H]C([2H])([2H])C(C)(C)C.[2H]C([2H])(c1ccccc1)C(C)(C)C.[2H]C(c1ccccc1)C(C)(C)C.[2H]C1(C(C)(C)C)CC1.[2H]C1(C(C)(C)C)CCCC1. The molecule has 2 aromatic carbocycles. The summed E-state index contributed by atoms with van der Waals surface area (Å²) in [6, 6.07) is 27.0. The van der Waals surface area contributed by atoms with Gasteiger partial charge < -0.3 is 9.47 Å². The molecule has 0 N–H and O–H groups in total. The lowest BCUT2D eigenvalue weighted by Crippen LogP contribution is -2.37. The van der Waals surface area contributed by atoms with Gasteiger partial charge in [0.1, 0.15) is 0 Å². The summed E-state index contributed by atoms with van der Waals surface area (Å²) in [7, 11) is 0. The second kappa shape index (κ2) is 60.7. The molecule has 125 heavy (non-hydrogen) atoms. The van der Waals surface area contributed by atoms with Crippen LogP contribution in [-0.2, 0) is 35.1 Å². The van der Waals surface area contributed by atoms with E-state index in [0.717, 1.165) is 146 Å². The summed E-state index contributed by atoms with van der Waals surface area (Å²) >= 11 is 0. The topological polar surface area (TPSA) is 50.7 Å². The van der Waals surface area contributed by atoms with Gasteiger partial charge in [-0.2, -0.15) is 0 Å². The number of ether oxygens (including phenoxy) is 2. The van der Waals surface area contributed by atoms with E-state index in [1.54, 1.807) is 45.6 Å². The van der Waals surface area contributed by atoms with Crippen LogP contribution in [0, 0.1) is 105 Å². The van der Waals surface area contributed by atoms with Gasteiger partial charge in [0, 0.05) is 75.6 Å². The molecule has 6 aliphatic rings. The number of pyridine rings is 2. The van der Waals surface area contributed by atoms with E-state index in [1.165, 1.54) is 31.2 Å². The molecule has 732 valence electrons. The summed E-state index contributed by atoms with van der Waals surface area (Å²) in [4.78, 5) is 12.6. The highest BCUT2D eigenvalue weighted by Crippen LogP contribution is 2.45. The second-order valence-corrected chi connectivity index (χ2v) is 50.3. The minimum absolute atomic E-state index is 0.0291. The Kier molecular flexibility index (Phi) is 46.0. The molecule has 5 unspecified atom stereocenters. The summed E-state index contributed by atoms with van der Waals surface area (Å²) in [5.41, 5.74) is 4.12. The van der Waals surface area contributed by atoms with Crippen LogP contribution in [0.5, 0.6) is 0 Å². The number of benzene rings is 2. The van der Waals surface area contributed by atoms with Crippen LogP contribution in [0.3, 0.4) is 0 Å². The normalized spacial score (nSPS) is 21.1. The number of rotatable bonds is 15. The molecule has 0 radical (unpaired) electrons. The molecular formula is C119H224N4O2. The summed E-state index contributed by atoms with van der Waals surface area (Å²) in [5, 5.41) is 0. The number of aromatic nitrogens is 2. The number of morpholine rings is 2. The highest BCUT2D eigenvalue weighted by Gasteiger charge is 2.34. The van der Waals surface area contributed by atoms with Gasteiger partial charge in [-0.25, -0.2) is 0 Å². The van der Waals surface area contributed by atoms with Crippen molar-refractivity contribution in [3.63, 3.8) is 0 Å².